The van der Waals surface area contributed by atoms with Crippen molar-refractivity contribution in [1.29, 1.82) is 0 Å². The lowest BCUT2D eigenvalue weighted by molar-refractivity contribution is 0.244. The Morgan fingerprint density at radius 2 is 1.79 bits per heavy atom. The van der Waals surface area contributed by atoms with E-state index >= 15 is 0 Å². The molecule has 6 nitrogen and oxygen atoms in total. The molecule has 1 aromatic heterocycles. The molecule has 2 amide bonds. The molecule has 1 aliphatic carbocycles. The van der Waals surface area contributed by atoms with Crippen molar-refractivity contribution >= 4 is 35.0 Å². The number of nitrogens with one attached hydrogen (secondary N) is 3. The summed E-state index contributed by atoms with van der Waals surface area (Å²) >= 11 is 5.94. The summed E-state index contributed by atoms with van der Waals surface area (Å²) in [6, 6.07) is 10.8. The number of carbonyl (C=O) groups excluding carboxylic acids is 1. The fourth-order valence-corrected chi connectivity index (χ4v) is 2.95. The Labute approximate surface area is 146 Å². The molecule has 2 aromatic rings. The SMILES string of the molecule is O=C(Nc1ccc(Nc2cccc(Cl)c2)nn1)NC1CCCCC1. The van der Waals surface area contributed by atoms with E-state index in [4.69, 9.17) is 11.6 Å². The van der Waals surface area contributed by atoms with E-state index in [0.717, 1.165) is 18.5 Å². The highest BCUT2D eigenvalue weighted by atomic mass is 35.5. The molecule has 0 spiro atoms. The van der Waals surface area contributed by atoms with Gasteiger partial charge in [-0.15, -0.1) is 10.2 Å². The molecule has 0 saturated heterocycles. The van der Waals surface area contributed by atoms with Crippen LogP contribution in [0.15, 0.2) is 36.4 Å². The highest BCUT2D eigenvalue weighted by molar-refractivity contribution is 6.30. The summed E-state index contributed by atoms with van der Waals surface area (Å²) in [7, 11) is 0. The molecular formula is C17H20ClN5O. The largest absolute Gasteiger partial charge is 0.339 e. The van der Waals surface area contributed by atoms with Crippen molar-refractivity contribution in [2.75, 3.05) is 10.6 Å². The molecule has 1 aliphatic rings. The first kappa shape index (κ1) is 16.5. The van der Waals surface area contributed by atoms with Crippen LogP contribution in [0.5, 0.6) is 0 Å². The molecule has 24 heavy (non-hydrogen) atoms. The fourth-order valence-electron chi connectivity index (χ4n) is 2.76. The number of anilines is 3. The van der Waals surface area contributed by atoms with Gasteiger partial charge in [-0.05, 0) is 43.2 Å². The first-order valence-corrected chi connectivity index (χ1v) is 8.51. The molecule has 1 heterocycles. The van der Waals surface area contributed by atoms with Crippen LogP contribution in [0, 0.1) is 0 Å². The van der Waals surface area contributed by atoms with Crippen molar-refractivity contribution < 1.29 is 4.79 Å². The predicted molar refractivity (Wildman–Crippen MR) is 95.8 cm³/mol. The van der Waals surface area contributed by atoms with Gasteiger partial charge in [0.25, 0.3) is 0 Å². The van der Waals surface area contributed by atoms with Crippen molar-refractivity contribution in [1.82, 2.24) is 15.5 Å². The summed E-state index contributed by atoms with van der Waals surface area (Å²) in [5.41, 5.74) is 0.826. The second-order valence-electron chi connectivity index (χ2n) is 5.87. The lowest BCUT2D eigenvalue weighted by Gasteiger charge is -2.22. The first-order chi connectivity index (χ1) is 11.7. The molecule has 1 fully saturated rings. The van der Waals surface area contributed by atoms with Crippen molar-refractivity contribution in [2.45, 2.75) is 38.1 Å². The molecular weight excluding hydrogens is 326 g/mol. The Morgan fingerprint density at radius 1 is 1.04 bits per heavy atom. The Balaban J connectivity index is 1.53. The fraction of sp³-hybridized carbons (Fsp3) is 0.353. The second kappa shape index (κ2) is 7.97. The number of hydrogen-bond donors (Lipinski definition) is 3. The number of benzene rings is 1. The molecule has 3 N–H and O–H groups in total. The van der Waals surface area contributed by atoms with Crippen LogP contribution >= 0.6 is 11.6 Å². The predicted octanol–water partition coefficient (Wildman–Crippen LogP) is 4.33. The van der Waals surface area contributed by atoms with E-state index in [1.165, 1.54) is 19.3 Å². The Morgan fingerprint density at radius 3 is 2.50 bits per heavy atom. The number of aromatic nitrogens is 2. The van der Waals surface area contributed by atoms with Crippen LogP contribution in [0.3, 0.4) is 0 Å². The number of hydrogen-bond acceptors (Lipinski definition) is 4. The van der Waals surface area contributed by atoms with E-state index in [9.17, 15) is 4.79 Å². The second-order valence-corrected chi connectivity index (χ2v) is 6.31. The molecule has 0 unspecified atom stereocenters. The normalized spacial score (nSPS) is 14.9. The zero-order valence-corrected chi connectivity index (χ0v) is 14.0. The van der Waals surface area contributed by atoms with Gasteiger partial charge in [-0.2, -0.15) is 0 Å². The number of rotatable bonds is 4. The summed E-state index contributed by atoms with van der Waals surface area (Å²) in [4.78, 5) is 12.0. The van der Waals surface area contributed by atoms with Crippen LogP contribution in [-0.2, 0) is 0 Å². The first-order valence-electron chi connectivity index (χ1n) is 8.13. The summed E-state index contributed by atoms with van der Waals surface area (Å²) in [6.45, 7) is 0. The summed E-state index contributed by atoms with van der Waals surface area (Å²) in [6.07, 6.45) is 5.69. The monoisotopic (exact) mass is 345 g/mol. The van der Waals surface area contributed by atoms with Gasteiger partial charge < -0.3 is 10.6 Å². The van der Waals surface area contributed by atoms with E-state index in [2.05, 4.69) is 26.1 Å². The molecule has 0 bridgehead atoms. The van der Waals surface area contributed by atoms with E-state index in [1.807, 2.05) is 12.1 Å². The van der Waals surface area contributed by atoms with Crippen LogP contribution in [-0.4, -0.2) is 22.3 Å². The van der Waals surface area contributed by atoms with E-state index in [1.54, 1.807) is 24.3 Å². The Kier molecular flexibility index (Phi) is 5.48. The Bertz CT molecular complexity index is 686. The summed E-state index contributed by atoms with van der Waals surface area (Å²) in [5.74, 6) is 0.996. The van der Waals surface area contributed by atoms with E-state index in [0.29, 0.717) is 16.7 Å². The molecule has 7 heteroatoms. The maximum Gasteiger partial charge on any atom is 0.320 e. The molecule has 0 atom stereocenters. The van der Waals surface area contributed by atoms with Gasteiger partial charge in [0.2, 0.25) is 0 Å². The highest BCUT2D eigenvalue weighted by Crippen LogP contribution is 2.19. The van der Waals surface area contributed by atoms with Crippen molar-refractivity contribution in [3.05, 3.63) is 41.4 Å². The number of amides is 2. The van der Waals surface area contributed by atoms with Crippen LogP contribution in [0.1, 0.15) is 32.1 Å². The molecule has 1 aromatic carbocycles. The Hall–Kier alpha value is -2.34. The average Bonchev–Trinajstić information content (AvgIpc) is 2.57. The molecule has 1 saturated carbocycles. The van der Waals surface area contributed by atoms with Crippen molar-refractivity contribution in [2.24, 2.45) is 0 Å². The zero-order valence-electron chi connectivity index (χ0n) is 13.3. The quantitative estimate of drug-likeness (QED) is 0.770. The third-order valence-corrected chi connectivity index (χ3v) is 4.18. The number of carbonyl (C=O) groups is 1. The molecule has 0 radical (unpaired) electrons. The van der Waals surface area contributed by atoms with Gasteiger partial charge in [0.1, 0.15) is 0 Å². The smallest absolute Gasteiger partial charge is 0.320 e. The van der Waals surface area contributed by atoms with Gasteiger partial charge in [0.15, 0.2) is 11.6 Å². The van der Waals surface area contributed by atoms with Crippen molar-refractivity contribution in [3.8, 4) is 0 Å². The minimum Gasteiger partial charge on any atom is -0.339 e. The third-order valence-electron chi connectivity index (χ3n) is 3.94. The average molecular weight is 346 g/mol. The maximum absolute atomic E-state index is 12.0. The summed E-state index contributed by atoms with van der Waals surface area (Å²) in [5, 5.41) is 17.5. The zero-order chi connectivity index (χ0) is 16.8. The van der Waals surface area contributed by atoms with Gasteiger partial charge >= 0.3 is 6.03 Å². The maximum atomic E-state index is 12.0. The third kappa shape index (κ3) is 4.83. The van der Waals surface area contributed by atoms with Gasteiger partial charge in [-0.3, -0.25) is 5.32 Å². The number of urea groups is 1. The van der Waals surface area contributed by atoms with Crippen LogP contribution in [0.2, 0.25) is 5.02 Å². The number of halogens is 1. The number of nitrogens with zero attached hydrogens (tertiary/aromatic N) is 2. The van der Waals surface area contributed by atoms with Crippen LogP contribution in [0.4, 0.5) is 22.1 Å². The van der Waals surface area contributed by atoms with Gasteiger partial charge in [-0.25, -0.2) is 4.79 Å². The lowest BCUT2D eigenvalue weighted by Crippen LogP contribution is -2.39. The molecule has 3 rings (SSSR count). The van der Waals surface area contributed by atoms with Gasteiger partial charge in [0.05, 0.1) is 0 Å². The van der Waals surface area contributed by atoms with E-state index < -0.39 is 0 Å². The lowest BCUT2D eigenvalue weighted by atomic mass is 9.96. The molecule has 0 aliphatic heterocycles. The van der Waals surface area contributed by atoms with Crippen LogP contribution < -0.4 is 16.0 Å². The minimum atomic E-state index is -0.230. The van der Waals surface area contributed by atoms with Gasteiger partial charge in [-0.1, -0.05) is 36.9 Å². The molecule has 126 valence electrons. The van der Waals surface area contributed by atoms with Crippen molar-refractivity contribution in [3.63, 3.8) is 0 Å². The topological polar surface area (TPSA) is 78.9 Å². The highest BCUT2D eigenvalue weighted by Gasteiger charge is 2.15. The minimum absolute atomic E-state index is 0.230. The summed E-state index contributed by atoms with van der Waals surface area (Å²) < 4.78 is 0. The van der Waals surface area contributed by atoms with Gasteiger partial charge in [0, 0.05) is 16.8 Å². The van der Waals surface area contributed by atoms with Crippen LogP contribution in [0.25, 0.3) is 0 Å². The van der Waals surface area contributed by atoms with E-state index in [-0.39, 0.29) is 12.1 Å². The standard InChI is InChI=1S/C17H20ClN5O/c18-12-5-4-8-14(11-12)19-15-9-10-16(23-22-15)21-17(24)20-13-6-2-1-3-7-13/h4-5,8-11,13H,1-3,6-7H2,(H,19,22)(H2,20,21,23,24).